The van der Waals surface area contributed by atoms with Crippen molar-refractivity contribution in [1.82, 2.24) is 15.0 Å². The molecule has 7 heteroatoms. The molecule has 0 bridgehead atoms. The van der Waals surface area contributed by atoms with Gasteiger partial charge < -0.3 is 10.5 Å². The zero-order valence-electron chi connectivity index (χ0n) is 14.5. The summed E-state index contributed by atoms with van der Waals surface area (Å²) in [5, 5.41) is 0.170. The molecule has 0 atom stereocenters. The van der Waals surface area contributed by atoms with Gasteiger partial charge in [0.1, 0.15) is 19.5 Å². The van der Waals surface area contributed by atoms with Gasteiger partial charge >= 0.3 is 0 Å². The van der Waals surface area contributed by atoms with E-state index in [2.05, 4.69) is 59.9 Å². The van der Waals surface area contributed by atoms with E-state index in [4.69, 9.17) is 22.1 Å². The van der Waals surface area contributed by atoms with Crippen LogP contribution in [0.15, 0.2) is 18.5 Å². The third-order valence-corrected chi connectivity index (χ3v) is 4.18. The van der Waals surface area contributed by atoms with Crippen molar-refractivity contribution in [3.05, 3.63) is 34.9 Å². The lowest BCUT2D eigenvalue weighted by atomic mass is 10.0. The van der Waals surface area contributed by atoms with Crippen molar-refractivity contribution in [3.8, 4) is 23.0 Å². The molecule has 0 aromatic carbocycles. The largest absolute Gasteiger partial charge is 0.452 e. The Bertz CT molecular complexity index is 806. The fourth-order valence-electron chi connectivity index (χ4n) is 1.84. The van der Waals surface area contributed by atoms with E-state index in [1.807, 2.05) is 6.07 Å². The zero-order valence-corrected chi connectivity index (χ0v) is 16.3. The molecule has 2 rings (SSSR count). The highest BCUT2D eigenvalue weighted by molar-refractivity contribution is 6.83. The minimum atomic E-state index is -1.48. The second kappa shape index (κ2) is 7.20. The predicted molar refractivity (Wildman–Crippen MR) is 100 cm³/mol. The van der Waals surface area contributed by atoms with Gasteiger partial charge in [0.2, 0.25) is 5.95 Å². The Morgan fingerprint density at radius 1 is 1.17 bits per heavy atom. The van der Waals surface area contributed by atoms with E-state index in [0.29, 0.717) is 17.2 Å². The van der Waals surface area contributed by atoms with Crippen LogP contribution in [0.5, 0.6) is 11.5 Å². The maximum absolute atomic E-state index is 6.08. The average molecular weight is 361 g/mol. The molecule has 0 aliphatic heterocycles. The number of pyridine rings is 1. The molecule has 0 amide bonds. The number of nitrogens with zero attached hydrogens (tertiary/aromatic N) is 3. The van der Waals surface area contributed by atoms with Crippen LogP contribution in [-0.2, 0) is 0 Å². The van der Waals surface area contributed by atoms with Crippen molar-refractivity contribution in [2.75, 3.05) is 5.73 Å². The van der Waals surface area contributed by atoms with Crippen molar-refractivity contribution in [2.45, 2.75) is 39.4 Å². The van der Waals surface area contributed by atoms with Crippen LogP contribution in [0.1, 0.15) is 31.0 Å². The molecule has 0 saturated carbocycles. The van der Waals surface area contributed by atoms with E-state index < -0.39 is 8.07 Å². The lowest BCUT2D eigenvalue weighted by Crippen LogP contribution is -2.16. The Labute approximate surface area is 148 Å². The number of anilines is 1. The summed E-state index contributed by atoms with van der Waals surface area (Å²) in [4.78, 5) is 12.3. The minimum absolute atomic E-state index is 0.104. The molecule has 2 aromatic rings. The third kappa shape index (κ3) is 4.95. The van der Waals surface area contributed by atoms with Gasteiger partial charge in [0.25, 0.3) is 0 Å². The number of hydrogen-bond donors (Lipinski definition) is 1. The van der Waals surface area contributed by atoms with E-state index in [0.717, 1.165) is 5.56 Å². The van der Waals surface area contributed by atoms with E-state index in [9.17, 15) is 0 Å². The maximum atomic E-state index is 6.08. The molecular weight excluding hydrogens is 340 g/mol. The van der Waals surface area contributed by atoms with Crippen molar-refractivity contribution in [3.63, 3.8) is 0 Å². The highest BCUT2D eigenvalue weighted by atomic mass is 35.5. The summed E-state index contributed by atoms with van der Waals surface area (Å²) in [7, 11) is -1.48. The van der Waals surface area contributed by atoms with Gasteiger partial charge in [0.05, 0.1) is 6.20 Å². The van der Waals surface area contributed by atoms with Crippen LogP contribution in [0.3, 0.4) is 0 Å². The number of hydrogen-bond acceptors (Lipinski definition) is 5. The molecule has 0 aliphatic carbocycles. The quantitative estimate of drug-likeness (QED) is 0.503. The summed E-state index contributed by atoms with van der Waals surface area (Å²) in [6.07, 6.45) is 3.25. The molecule has 0 radical (unpaired) electrons. The number of nitrogen functional groups attached to an aromatic ring is 1. The zero-order chi connectivity index (χ0) is 17.9. The Balaban J connectivity index is 2.43. The van der Waals surface area contributed by atoms with Crippen molar-refractivity contribution < 1.29 is 4.74 Å². The van der Waals surface area contributed by atoms with Gasteiger partial charge in [-0.3, -0.25) is 0 Å². The predicted octanol–water partition coefficient (Wildman–Crippen LogP) is 4.25. The molecule has 126 valence electrons. The molecular formula is C17H21ClN4OSi. The average Bonchev–Trinajstić information content (AvgIpc) is 2.47. The van der Waals surface area contributed by atoms with Gasteiger partial charge in [-0.25, -0.2) is 9.97 Å². The van der Waals surface area contributed by atoms with Crippen LogP contribution >= 0.6 is 11.6 Å². The van der Waals surface area contributed by atoms with Gasteiger partial charge in [0, 0.05) is 17.8 Å². The highest BCUT2D eigenvalue weighted by Gasteiger charge is 2.14. The molecule has 0 unspecified atom stereocenters. The minimum Gasteiger partial charge on any atom is -0.452 e. The summed E-state index contributed by atoms with van der Waals surface area (Å²) in [5.74, 6) is 4.48. The van der Waals surface area contributed by atoms with Crippen LogP contribution in [0.25, 0.3) is 0 Å². The maximum Gasteiger partial charge on any atom is 0.221 e. The normalized spacial score (nSPS) is 11.1. The topological polar surface area (TPSA) is 73.9 Å². The van der Waals surface area contributed by atoms with Gasteiger partial charge in [-0.05, 0) is 5.92 Å². The molecule has 0 spiro atoms. The fourth-order valence-corrected chi connectivity index (χ4v) is 2.52. The van der Waals surface area contributed by atoms with Crippen LogP contribution < -0.4 is 10.5 Å². The second-order valence-corrected chi connectivity index (χ2v) is 11.9. The second-order valence-electron chi connectivity index (χ2n) is 6.75. The Morgan fingerprint density at radius 2 is 1.88 bits per heavy atom. The van der Waals surface area contributed by atoms with Gasteiger partial charge in [-0.1, -0.05) is 51.0 Å². The molecule has 0 saturated heterocycles. The highest BCUT2D eigenvalue weighted by Crippen LogP contribution is 2.33. The van der Waals surface area contributed by atoms with Gasteiger partial charge in [-0.2, -0.15) is 4.98 Å². The number of rotatable bonds is 3. The smallest absolute Gasteiger partial charge is 0.221 e. The summed E-state index contributed by atoms with van der Waals surface area (Å²) < 4.78 is 5.92. The first-order chi connectivity index (χ1) is 11.2. The monoisotopic (exact) mass is 360 g/mol. The molecule has 2 N–H and O–H groups in total. The van der Waals surface area contributed by atoms with Crippen molar-refractivity contribution in [1.29, 1.82) is 0 Å². The SMILES string of the molecule is CC(C)c1cnc(C#C[Si](C)(C)C)cc1Oc1cnc(N)nc1Cl. The van der Waals surface area contributed by atoms with Crippen molar-refractivity contribution in [2.24, 2.45) is 0 Å². The van der Waals surface area contributed by atoms with E-state index >= 15 is 0 Å². The molecule has 0 aliphatic rings. The van der Waals surface area contributed by atoms with Crippen LogP contribution in [0.4, 0.5) is 5.95 Å². The Morgan fingerprint density at radius 3 is 2.46 bits per heavy atom. The first-order valence-electron chi connectivity index (χ1n) is 7.64. The number of halogens is 1. The Kier molecular flexibility index (Phi) is 5.47. The van der Waals surface area contributed by atoms with Crippen LogP contribution in [0.2, 0.25) is 24.8 Å². The molecule has 5 nitrogen and oxygen atoms in total. The summed E-state index contributed by atoms with van der Waals surface area (Å²) in [6.45, 7) is 10.7. The summed E-state index contributed by atoms with van der Waals surface area (Å²) in [6, 6.07) is 1.83. The van der Waals surface area contributed by atoms with Crippen LogP contribution in [-0.4, -0.2) is 23.0 Å². The molecule has 0 fully saturated rings. The lowest BCUT2D eigenvalue weighted by Gasteiger charge is -2.14. The molecule has 2 aromatic heterocycles. The number of ether oxygens (including phenoxy) is 1. The van der Waals surface area contributed by atoms with Crippen LogP contribution in [0, 0.1) is 11.5 Å². The number of aromatic nitrogens is 3. The Hall–Kier alpha value is -2.10. The van der Waals surface area contributed by atoms with Gasteiger partial charge in [-0.15, -0.1) is 5.54 Å². The van der Waals surface area contributed by atoms with E-state index in [1.165, 1.54) is 6.20 Å². The molecule has 24 heavy (non-hydrogen) atoms. The lowest BCUT2D eigenvalue weighted by molar-refractivity contribution is 0.467. The van der Waals surface area contributed by atoms with Crippen molar-refractivity contribution >= 4 is 25.6 Å². The standard InChI is InChI=1S/C17H21ClN4OSi/c1-11(2)13-9-20-12(6-7-24(3,4)5)8-14(13)23-15-10-21-17(19)22-16(15)18/h8-11H,1-5H3,(H2,19,21,22). The fraction of sp³-hybridized carbons (Fsp3) is 0.353. The van der Waals surface area contributed by atoms with E-state index in [1.54, 1.807) is 6.20 Å². The number of nitrogens with two attached hydrogens (primary N) is 1. The summed E-state index contributed by atoms with van der Waals surface area (Å²) in [5.41, 5.74) is 10.4. The summed E-state index contributed by atoms with van der Waals surface area (Å²) >= 11 is 6.08. The first kappa shape index (κ1) is 18.2. The van der Waals surface area contributed by atoms with Gasteiger partial charge in [0.15, 0.2) is 10.9 Å². The molecule has 2 heterocycles. The van der Waals surface area contributed by atoms with E-state index in [-0.39, 0.29) is 17.0 Å². The first-order valence-corrected chi connectivity index (χ1v) is 11.5. The third-order valence-electron chi connectivity index (χ3n) is 3.03.